The van der Waals surface area contributed by atoms with Crippen LogP contribution in [0.5, 0.6) is 5.75 Å². The predicted octanol–water partition coefficient (Wildman–Crippen LogP) is 6.14. The first kappa shape index (κ1) is 18.3. The lowest BCUT2D eigenvalue weighted by atomic mass is 10.1. The number of nitrogens with zero attached hydrogens (tertiary/aromatic N) is 1. The van der Waals surface area contributed by atoms with Gasteiger partial charge in [0.2, 0.25) is 0 Å². The summed E-state index contributed by atoms with van der Waals surface area (Å²) in [5.41, 5.74) is 12.5. The molecule has 3 aromatic carbocycles. The number of methoxy groups -OCH3 is 1. The largest absolute Gasteiger partial charge is 0.497 e. The van der Waals surface area contributed by atoms with Gasteiger partial charge in [0.15, 0.2) is 0 Å². The number of nitrogens with two attached hydrogens (primary N) is 1. The number of rotatable bonds is 4. The third-order valence-corrected chi connectivity index (χ3v) is 5.48. The maximum absolute atomic E-state index is 5.97. The normalized spacial score (nSPS) is 15.0. The molecule has 0 saturated carbocycles. The van der Waals surface area contributed by atoms with Gasteiger partial charge in [-0.25, -0.2) is 0 Å². The Morgan fingerprint density at radius 2 is 1.75 bits per heavy atom. The molecular formula is C24H22N2OS. The third kappa shape index (κ3) is 3.78. The molecule has 4 heteroatoms. The Labute approximate surface area is 170 Å². The predicted molar refractivity (Wildman–Crippen MR) is 121 cm³/mol. The molecule has 28 heavy (non-hydrogen) atoms. The van der Waals surface area contributed by atoms with Crippen molar-refractivity contribution in [2.24, 2.45) is 0 Å². The van der Waals surface area contributed by atoms with Crippen molar-refractivity contribution in [2.45, 2.75) is 6.92 Å². The molecule has 0 atom stereocenters. The number of aryl methyl sites for hydroxylation is 1. The summed E-state index contributed by atoms with van der Waals surface area (Å²) in [7, 11) is 1.69. The summed E-state index contributed by atoms with van der Waals surface area (Å²) in [6, 6.07) is 24.7. The van der Waals surface area contributed by atoms with Gasteiger partial charge in [0.05, 0.1) is 17.8 Å². The summed E-state index contributed by atoms with van der Waals surface area (Å²) in [5.74, 6) is 0.854. The van der Waals surface area contributed by atoms with E-state index in [1.807, 2.05) is 30.3 Å². The first-order valence-corrected chi connectivity index (χ1v) is 9.97. The van der Waals surface area contributed by atoms with Crippen molar-refractivity contribution in [2.75, 3.05) is 17.7 Å². The summed E-state index contributed by atoms with van der Waals surface area (Å²) >= 11 is 1.72. The maximum Gasteiger partial charge on any atom is 0.118 e. The fourth-order valence-corrected chi connectivity index (χ4v) is 4.21. The first-order valence-electron chi connectivity index (χ1n) is 9.09. The van der Waals surface area contributed by atoms with Crippen molar-refractivity contribution in [1.82, 2.24) is 0 Å². The Kier molecular flexibility index (Phi) is 5.13. The zero-order valence-corrected chi connectivity index (χ0v) is 16.7. The van der Waals surface area contributed by atoms with Gasteiger partial charge in [0.1, 0.15) is 5.75 Å². The Morgan fingerprint density at radius 1 is 0.964 bits per heavy atom. The van der Waals surface area contributed by atoms with Gasteiger partial charge in [0.25, 0.3) is 0 Å². The van der Waals surface area contributed by atoms with E-state index in [2.05, 4.69) is 65.8 Å². The molecule has 0 aliphatic carbocycles. The molecule has 1 heterocycles. The number of anilines is 2. The van der Waals surface area contributed by atoms with E-state index in [-0.39, 0.29) is 0 Å². The number of ether oxygens (including phenoxy) is 1. The maximum atomic E-state index is 5.97. The molecule has 140 valence electrons. The molecule has 1 aliphatic heterocycles. The zero-order chi connectivity index (χ0) is 19.5. The molecular weight excluding hydrogens is 364 g/mol. The highest BCUT2D eigenvalue weighted by molar-refractivity contribution is 8.06. The van der Waals surface area contributed by atoms with E-state index in [0.717, 1.165) is 39.0 Å². The van der Waals surface area contributed by atoms with Crippen LogP contribution in [0, 0.1) is 6.92 Å². The molecule has 0 fully saturated rings. The van der Waals surface area contributed by atoms with E-state index in [0.29, 0.717) is 0 Å². The highest BCUT2D eigenvalue weighted by Crippen LogP contribution is 2.44. The quantitative estimate of drug-likeness (QED) is 0.547. The van der Waals surface area contributed by atoms with Gasteiger partial charge in [-0.1, -0.05) is 36.0 Å². The van der Waals surface area contributed by atoms with E-state index < -0.39 is 0 Å². The van der Waals surface area contributed by atoms with E-state index in [1.54, 1.807) is 18.9 Å². The van der Waals surface area contributed by atoms with E-state index >= 15 is 0 Å². The van der Waals surface area contributed by atoms with Crippen LogP contribution in [-0.4, -0.2) is 7.11 Å². The number of hydrogen-bond acceptors (Lipinski definition) is 4. The third-order valence-electron chi connectivity index (χ3n) is 4.60. The first-order chi connectivity index (χ1) is 13.6. The Balaban J connectivity index is 1.78. The number of benzene rings is 3. The van der Waals surface area contributed by atoms with Crippen molar-refractivity contribution >= 4 is 34.9 Å². The lowest BCUT2D eigenvalue weighted by Crippen LogP contribution is -2.15. The summed E-state index contributed by atoms with van der Waals surface area (Å²) in [6.45, 7) is 2.12. The second kappa shape index (κ2) is 7.87. The van der Waals surface area contributed by atoms with Crippen LogP contribution in [0.3, 0.4) is 0 Å². The van der Waals surface area contributed by atoms with E-state index in [9.17, 15) is 0 Å². The van der Waals surface area contributed by atoms with Crippen molar-refractivity contribution in [3.05, 3.63) is 99.9 Å². The highest BCUT2D eigenvalue weighted by atomic mass is 32.2. The standard InChI is InChI=1S/C24H22N2OS/c1-17-5-3-8-21(13-17)26-23(19-9-11-22(27-2)12-10-19)16-28-24(26)15-18-6-4-7-20(25)14-18/h3-16H,25H2,1-2H3/b24-15+. The fraction of sp³-hybridized carbons (Fsp3) is 0.0833. The number of thioether (sulfide) groups is 1. The molecule has 0 radical (unpaired) electrons. The van der Waals surface area contributed by atoms with Crippen LogP contribution in [-0.2, 0) is 0 Å². The second-order valence-corrected chi connectivity index (χ2v) is 7.57. The van der Waals surface area contributed by atoms with Crippen LogP contribution in [0.15, 0.2) is 83.2 Å². The van der Waals surface area contributed by atoms with Crippen LogP contribution in [0.2, 0.25) is 0 Å². The van der Waals surface area contributed by atoms with Gasteiger partial charge in [-0.15, -0.1) is 0 Å². The Bertz CT molecular complexity index is 1050. The SMILES string of the molecule is COc1ccc(C2=CS/C(=C/c3cccc(N)c3)N2c2cccc(C)c2)cc1. The molecule has 0 saturated heterocycles. The summed E-state index contributed by atoms with van der Waals surface area (Å²) in [6.07, 6.45) is 2.18. The van der Waals surface area contributed by atoms with Crippen LogP contribution in [0.4, 0.5) is 11.4 Å². The molecule has 3 aromatic rings. The minimum Gasteiger partial charge on any atom is -0.497 e. The molecule has 2 N–H and O–H groups in total. The smallest absolute Gasteiger partial charge is 0.118 e. The Morgan fingerprint density at radius 3 is 2.46 bits per heavy atom. The molecule has 0 amide bonds. The topological polar surface area (TPSA) is 38.5 Å². The molecule has 0 aromatic heterocycles. The second-order valence-electron chi connectivity index (χ2n) is 6.68. The molecule has 4 rings (SSSR count). The summed E-state index contributed by atoms with van der Waals surface area (Å²) in [4.78, 5) is 2.29. The highest BCUT2D eigenvalue weighted by Gasteiger charge is 2.24. The molecule has 0 spiro atoms. The van der Waals surface area contributed by atoms with Crippen molar-refractivity contribution in [3.63, 3.8) is 0 Å². The Hall–Kier alpha value is -3.11. The van der Waals surface area contributed by atoms with Crippen LogP contribution in [0.1, 0.15) is 16.7 Å². The monoisotopic (exact) mass is 386 g/mol. The van der Waals surface area contributed by atoms with Gasteiger partial charge in [-0.05, 0) is 78.2 Å². The average Bonchev–Trinajstić information content (AvgIpc) is 3.11. The zero-order valence-electron chi connectivity index (χ0n) is 15.9. The summed E-state index contributed by atoms with van der Waals surface area (Å²) in [5, 5.41) is 3.34. The molecule has 1 aliphatic rings. The number of hydrogen-bond donors (Lipinski definition) is 1. The van der Waals surface area contributed by atoms with E-state index in [4.69, 9.17) is 10.5 Å². The van der Waals surface area contributed by atoms with E-state index in [1.165, 1.54) is 5.56 Å². The molecule has 0 unspecified atom stereocenters. The van der Waals surface area contributed by atoms with Gasteiger partial charge < -0.3 is 15.4 Å². The minimum absolute atomic E-state index is 0.766. The van der Waals surface area contributed by atoms with Gasteiger partial charge in [-0.2, -0.15) is 0 Å². The van der Waals surface area contributed by atoms with Gasteiger partial charge >= 0.3 is 0 Å². The van der Waals surface area contributed by atoms with Crippen molar-refractivity contribution in [1.29, 1.82) is 0 Å². The molecule has 0 bridgehead atoms. The summed E-state index contributed by atoms with van der Waals surface area (Å²) < 4.78 is 5.31. The van der Waals surface area contributed by atoms with Crippen molar-refractivity contribution < 1.29 is 4.74 Å². The van der Waals surface area contributed by atoms with Crippen LogP contribution in [0.25, 0.3) is 11.8 Å². The van der Waals surface area contributed by atoms with Gasteiger partial charge in [0, 0.05) is 16.8 Å². The van der Waals surface area contributed by atoms with Crippen LogP contribution < -0.4 is 15.4 Å². The van der Waals surface area contributed by atoms with Crippen LogP contribution >= 0.6 is 11.8 Å². The van der Waals surface area contributed by atoms with Crippen molar-refractivity contribution in [3.8, 4) is 5.75 Å². The fourth-order valence-electron chi connectivity index (χ4n) is 3.22. The van der Waals surface area contributed by atoms with Gasteiger partial charge in [-0.3, -0.25) is 0 Å². The lowest BCUT2D eigenvalue weighted by molar-refractivity contribution is 0.415. The lowest BCUT2D eigenvalue weighted by Gasteiger charge is -2.24. The molecule has 3 nitrogen and oxygen atoms in total. The minimum atomic E-state index is 0.766. The average molecular weight is 387 g/mol. The number of nitrogen functional groups attached to an aromatic ring is 1.